The summed E-state index contributed by atoms with van der Waals surface area (Å²) in [4.78, 5) is 23.4. The lowest BCUT2D eigenvalue weighted by molar-refractivity contribution is -0.140. The lowest BCUT2D eigenvalue weighted by atomic mass is 9.95. The van der Waals surface area contributed by atoms with Gasteiger partial charge < -0.3 is 10.4 Å². The first-order valence-electron chi connectivity index (χ1n) is 8.35. The number of nitrogens with zero attached hydrogens (tertiary/aromatic N) is 2. The SMILES string of the molecule is CC(CNC(=O)c1nn(-c2cccc(F)c2)c2c1CCCC2)C(=O)O. The molecule has 1 aromatic heterocycles. The van der Waals surface area contributed by atoms with Crippen LogP contribution in [0.25, 0.3) is 5.69 Å². The summed E-state index contributed by atoms with van der Waals surface area (Å²) >= 11 is 0. The van der Waals surface area contributed by atoms with E-state index < -0.39 is 11.9 Å². The third-order valence-corrected chi connectivity index (χ3v) is 4.44. The van der Waals surface area contributed by atoms with Gasteiger partial charge in [0.25, 0.3) is 5.91 Å². The first-order valence-corrected chi connectivity index (χ1v) is 8.35. The molecular weight excluding hydrogens is 325 g/mol. The molecule has 1 unspecified atom stereocenters. The number of benzene rings is 1. The van der Waals surface area contributed by atoms with Crippen molar-refractivity contribution in [2.24, 2.45) is 5.92 Å². The Kier molecular flexibility index (Phi) is 4.83. The molecule has 1 atom stereocenters. The van der Waals surface area contributed by atoms with Crippen molar-refractivity contribution in [3.8, 4) is 5.69 Å². The first-order chi connectivity index (χ1) is 12.0. The molecule has 0 saturated carbocycles. The van der Waals surface area contributed by atoms with E-state index in [1.165, 1.54) is 19.1 Å². The molecule has 7 heteroatoms. The predicted molar refractivity (Wildman–Crippen MR) is 89.3 cm³/mol. The summed E-state index contributed by atoms with van der Waals surface area (Å²) in [7, 11) is 0. The molecule has 0 aliphatic heterocycles. The highest BCUT2D eigenvalue weighted by atomic mass is 19.1. The predicted octanol–water partition coefficient (Wildman–Crippen LogP) is 2.34. The molecule has 0 radical (unpaired) electrons. The van der Waals surface area contributed by atoms with E-state index in [-0.39, 0.29) is 18.3 Å². The fourth-order valence-electron chi connectivity index (χ4n) is 3.02. The number of aliphatic carboxylic acids is 1. The van der Waals surface area contributed by atoms with E-state index in [0.29, 0.717) is 11.4 Å². The summed E-state index contributed by atoms with van der Waals surface area (Å²) in [5, 5.41) is 16.0. The van der Waals surface area contributed by atoms with Crippen LogP contribution in [0.1, 0.15) is 41.5 Å². The van der Waals surface area contributed by atoms with Crippen LogP contribution in [-0.2, 0) is 17.6 Å². The summed E-state index contributed by atoms with van der Waals surface area (Å²) in [6, 6.07) is 6.10. The Labute approximate surface area is 144 Å². The molecule has 0 bridgehead atoms. The summed E-state index contributed by atoms with van der Waals surface area (Å²) in [6.07, 6.45) is 3.47. The quantitative estimate of drug-likeness (QED) is 0.871. The summed E-state index contributed by atoms with van der Waals surface area (Å²) in [6.45, 7) is 1.57. The second kappa shape index (κ2) is 7.04. The number of hydrogen-bond acceptors (Lipinski definition) is 3. The van der Waals surface area contributed by atoms with Gasteiger partial charge in [-0.25, -0.2) is 9.07 Å². The van der Waals surface area contributed by atoms with E-state index in [0.717, 1.165) is 36.9 Å². The largest absolute Gasteiger partial charge is 0.481 e. The molecule has 1 aliphatic carbocycles. The van der Waals surface area contributed by atoms with Crippen molar-refractivity contribution in [1.82, 2.24) is 15.1 Å². The molecule has 1 amide bonds. The molecule has 2 aromatic rings. The van der Waals surface area contributed by atoms with Crippen molar-refractivity contribution in [2.75, 3.05) is 6.54 Å². The Hall–Kier alpha value is -2.70. The molecule has 1 aliphatic rings. The number of halogens is 1. The van der Waals surface area contributed by atoms with Gasteiger partial charge in [-0.2, -0.15) is 5.10 Å². The van der Waals surface area contributed by atoms with E-state index in [2.05, 4.69) is 10.4 Å². The number of hydrogen-bond donors (Lipinski definition) is 2. The lowest BCUT2D eigenvalue weighted by Crippen LogP contribution is -2.32. The van der Waals surface area contributed by atoms with Crippen LogP contribution in [0.3, 0.4) is 0 Å². The van der Waals surface area contributed by atoms with Gasteiger partial charge in [0.2, 0.25) is 0 Å². The first kappa shape index (κ1) is 17.1. The van der Waals surface area contributed by atoms with E-state index >= 15 is 0 Å². The monoisotopic (exact) mass is 345 g/mol. The van der Waals surface area contributed by atoms with Crippen molar-refractivity contribution < 1.29 is 19.1 Å². The highest BCUT2D eigenvalue weighted by molar-refractivity contribution is 5.94. The average molecular weight is 345 g/mol. The highest BCUT2D eigenvalue weighted by Crippen LogP contribution is 2.27. The van der Waals surface area contributed by atoms with Crippen molar-refractivity contribution in [3.63, 3.8) is 0 Å². The second-order valence-electron chi connectivity index (χ2n) is 6.32. The Balaban J connectivity index is 1.92. The molecule has 1 aromatic carbocycles. The highest BCUT2D eigenvalue weighted by Gasteiger charge is 2.26. The lowest BCUT2D eigenvalue weighted by Gasteiger charge is -2.14. The number of rotatable bonds is 5. The minimum Gasteiger partial charge on any atom is -0.481 e. The van der Waals surface area contributed by atoms with Crippen LogP contribution in [-0.4, -0.2) is 33.3 Å². The number of carbonyl (C=O) groups excluding carboxylic acids is 1. The van der Waals surface area contributed by atoms with Crippen LogP contribution in [0.4, 0.5) is 4.39 Å². The zero-order chi connectivity index (χ0) is 18.0. The van der Waals surface area contributed by atoms with Crippen LogP contribution in [0.15, 0.2) is 24.3 Å². The number of fused-ring (bicyclic) bond motifs is 1. The third kappa shape index (κ3) is 3.55. The Morgan fingerprint density at radius 2 is 2.12 bits per heavy atom. The van der Waals surface area contributed by atoms with Gasteiger partial charge in [-0.3, -0.25) is 9.59 Å². The molecule has 3 rings (SSSR count). The van der Waals surface area contributed by atoms with Gasteiger partial charge in [-0.05, 0) is 43.9 Å². The van der Waals surface area contributed by atoms with E-state index in [1.54, 1.807) is 16.8 Å². The van der Waals surface area contributed by atoms with Crippen LogP contribution in [0.2, 0.25) is 0 Å². The van der Waals surface area contributed by atoms with Gasteiger partial charge in [0, 0.05) is 17.8 Å². The van der Waals surface area contributed by atoms with E-state index in [4.69, 9.17) is 5.11 Å². The van der Waals surface area contributed by atoms with Gasteiger partial charge in [-0.15, -0.1) is 0 Å². The molecule has 0 saturated heterocycles. The van der Waals surface area contributed by atoms with Crippen LogP contribution >= 0.6 is 0 Å². The van der Waals surface area contributed by atoms with Crippen molar-refractivity contribution in [2.45, 2.75) is 32.6 Å². The molecule has 0 spiro atoms. The maximum absolute atomic E-state index is 13.6. The van der Waals surface area contributed by atoms with Gasteiger partial charge in [0.15, 0.2) is 5.69 Å². The number of aromatic nitrogens is 2. The molecule has 6 nitrogen and oxygen atoms in total. The number of nitrogens with one attached hydrogen (secondary N) is 1. The van der Waals surface area contributed by atoms with Gasteiger partial charge >= 0.3 is 5.97 Å². The van der Waals surface area contributed by atoms with Gasteiger partial charge in [0.05, 0.1) is 11.6 Å². The van der Waals surface area contributed by atoms with Crippen LogP contribution < -0.4 is 5.32 Å². The minimum absolute atomic E-state index is 0.0375. The fraction of sp³-hybridized carbons (Fsp3) is 0.389. The average Bonchev–Trinajstić information content (AvgIpc) is 2.99. The Morgan fingerprint density at radius 3 is 2.84 bits per heavy atom. The summed E-state index contributed by atoms with van der Waals surface area (Å²) in [5.74, 6) is -2.39. The number of carbonyl (C=O) groups is 2. The zero-order valence-electron chi connectivity index (χ0n) is 14.0. The molecule has 132 valence electrons. The van der Waals surface area contributed by atoms with Crippen LogP contribution in [0.5, 0.6) is 0 Å². The third-order valence-electron chi connectivity index (χ3n) is 4.44. The van der Waals surface area contributed by atoms with Crippen molar-refractivity contribution in [3.05, 3.63) is 47.0 Å². The van der Waals surface area contributed by atoms with Crippen molar-refractivity contribution >= 4 is 11.9 Å². The Morgan fingerprint density at radius 1 is 1.36 bits per heavy atom. The standard InChI is InChI=1S/C18H20FN3O3/c1-11(18(24)25)10-20-17(23)16-14-7-2-3-8-15(14)22(21-16)13-6-4-5-12(19)9-13/h4-6,9,11H,2-3,7-8,10H2,1H3,(H,20,23)(H,24,25). The number of carboxylic acids is 1. The molecule has 0 fully saturated rings. The number of carboxylic acid groups (broad SMARTS) is 1. The maximum atomic E-state index is 13.6. The summed E-state index contributed by atoms with van der Waals surface area (Å²) < 4.78 is 15.2. The second-order valence-corrected chi connectivity index (χ2v) is 6.32. The van der Waals surface area contributed by atoms with Crippen molar-refractivity contribution in [1.29, 1.82) is 0 Å². The van der Waals surface area contributed by atoms with E-state index in [1.807, 2.05) is 0 Å². The van der Waals surface area contributed by atoms with Crippen LogP contribution in [0, 0.1) is 11.7 Å². The normalized spacial score (nSPS) is 14.6. The maximum Gasteiger partial charge on any atom is 0.308 e. The smallest absolute Gasteiger partial charge is 0.308 e. The van der Waals surface area contributed by atoms with E-state index in [9.17, 15) is 14.0 Å². The molecule has 2 N–H and O–H groups in total. The summed E-state index contributed by atoms with van der Waals surface area (Å²) in [5.41, 5.74) is 2.68. The number of amides is 1. The molecule has 1 heterocycles. The molecule has 25 heavy (non-hydrogen) atoms. The zero-order valence-corrected chi connectivity index (χ0v) is 14.0. The van der Waals surface area contributed by atoms with Gasteiger partial charge in [0.1, 0.15) is 5.82 Å². The fourth-order valence-corrected chi connectivity index (χ4v) is 3.02. The Bertz CT molecular complexity index is 816. The minimum atomic E-state index is -0.965. The molecular formula is C18H20FN3O3. The van der Waals surface area contributed by atoms with Gasteiger partial charge in [-0.1, -0.05) is 13.0 Å². The topological polar surface area (TPSA) is 84.2 Å².